The highest BCUT2D eigenvalue weighted by atomic mass is 32.1. The summed E-state index contributed by atoms with van der Waals surface area (Å²) in [4.78, 5) is 5.83. The zero-order valence-electron chi connectivity index (χ0n) is 11.1. The molecule has 0 radical (unpaired) electrons. The van der Waals surface area contributed by atoms with E-state index < -0.39 is 0 Å². The second-order valence-electron chi connectivity index (χ2n) is 5.13. The van der Waals surface area contributed by atoms with Gasteiger partial charge in [-0.15, -0.1) is 11.3 Å². The van der Waals surface area contributed by atoms with Gasteiger partial charge in [-0.1, -0.05) is 26.0 Å². The molecule has 0 saturated heterocycles. The Morgan fingerprint density at radius 2 is 2.05 bits per heavy atom. The van der Waals surface area contributed by atoms with Crippen LogP contribution in [-0.2, 0) is 6.54 Å². The molecule has 2 N–H and O–H groups in total. The molecule has 4 heteroatoms. The van der Waals surface area contributed by atoms with E-state index in [2.05, 4.69) is 36.6 Å². The molecule has 3 aromatic rings. The maximum Gasteiger partial charge on any atom is 0.153 e. The second-order valence-corrected chi connectivity index (χ2v) is 6.05. The summed E-state index contributed by atoms with van der Waals surface area (Å²) in [6.07, 6.45) is 0. The number of rotatable bonds is 3. The standard InChI is InChI=1S/C15H17N3S/c1-10(2)9-18-13-6-4-3-5-12(13)17-15(18)14-11(16)7-8-19-14/h3-8,10H,9,16H2,1-2H3. The minimum Gasteiger partial charge on any atom is -0.397 e. The van der Waals surface area contributed by atoms with Gasteiger partial charge >= 0.3 is 0 Å². The lowest BCUT2D eigenvalue weighted by Crippen LogP contribution is -2.06. The molecular formula is C15H17N3S. The molecule has 3 nitrogen and oxygen atoms in total. The van der Waals surface area contributed by atoms with Crippen LogP contribution < -0.4 is 5.73 Å². The first-order valence-electron chi connectivity index (χ1n) is 6.45. The number of hydrogen-bond acceptors (Lipinski definition) is 3. The van der Waals surface area contributed by atoms with Crippen LogP contribution in [0.3, 0.4) is 0 Å². The molecule has 0 aliphatic rings. The Labute approximate surface area is 116 Å². The van der Waals surface area contributed by atoms with Gasteiger partial charge in [0.05, 0.1) is 21.6 Å². The predicted octanol–water partition coefficient (Wildman–Crippen LogP) is 4.00. The fraction of sp³-hybridized carbons (Fsp3) is 0.267. The van der Waals surface area contributed by atoms with E-state index in [1.807, 2.05) is 17.5 Å². The van der Waals surface area contributed by atoms with Crippen LogP contribution in [-0.4, -0.2) is 9.55 Å². The summed E-state index contributed by atoms with van der Waals surface area (Å²) in [6.45, 7) is 5.39. The Morgan fingerprint density at radius 1 is 1.26 bits per heavy atom. The van der Waals surface area contributed by atoms with Gasteiger partial charge in [0.15, 0.2) is 5.82 Å². The molecule has 0 bridgehead atoms. The van der Waals surface area contributed by atoms with Crippen molar-refractivity contribution in [2.45, 2.75) is 20.4 Å². The van der Waals surface area contributed by atoms with Crippen molar-refractivity contribution in [3.05, 3.63) is 35.7 Å². The Bertz CT molecular complexity index is 709. The number of thiophene rings is 1. The summed E-state index contributed by atoms with van der Waals surface area (Å²) >= 11 is 1.65. The number of hydrogen-bond donors (Lipinski definition) is 1. The molecule has 0 aliphatic heterocycles. The number of para-hydroxylation sites is 2. The summed E-state index contributed by atoms with van der Waals surface area (Å²) in [6, 6.07) is 10.2. The maximum atomic E-state index is 6.05. The molecule has 0 atom stereocenters. The summed E-state index contributed by atoms with van der Waals surface area (Å²) in [5, 5.41) is 2.02. The van der Waals surface area contributed by atoms with E-state index in [4.69, 9.17) is 10.7 Å². The number of nitrogens with zero attached hydrogens (tertiary/aromatic N) is 2. The molecule has 19 heavy (non-hydrogen) atoms. The minimum absolute atomic E-state index is 0.567. The Morgan fingerprint density at radius 3 is 2.74 bits per heavy atom. The van der Waals surface area contributed by atoms with E-state index in [0.717, 1.165) is 28.5 Å². The molecule has 2 heterocycles. The molecule has 2 aromatic heterocycles. The molecular weight excluding hydrogens is 254 g/mol. The van der Waals surface area contributed by atoms with Crippen molar-refractivity contribution < 1.29 is 0 Å². The van der Waals surface area contributed by atoms with Gasteiger partial charge in [0, 0.05) is 6.54 Å². The Hall–Kier alpha value is -1.81. The van der Waals surface area contributed by atoms with E-state index in [0.29, 0.717) is 5.92 Å². The van der Waals surface area contributed by atoms with Gasteiger partial charge in [0.25, 0.3) is 0 Å². The summed E-state index contributed by atoms with van der Waals surface area (Å²) in [5.41, 5.74) is 9.07. The van der Waals surface area contributed by atoms with Crippen molar-refractivity contribution in [1.29, 1.82) is 0 Å². The van der Waals surface area contributed by atoms with E-state index in [9.17, 15) is 0 Å². The van der Waals surface area contributed by atoms with Gasteiger partial charge in [-0.2, -0.15) is 0 Å². The van der Waals surface area contributed by atoms with Crippen LogP contribution in [0.1, 0.15) is 13.8 Å². The van der Waals surface area contributed by atoms with Crippen molar-refractivity contribution in [2.75, 3.05) is 5.73 Å². The van der Waals surface area contributed by atoms with Crippen molar-refractivity contribution in [3.63, 3.8) is 0 Å². The van der Waals surface area contributed by atoms with Crippen LogP contribution >= 0.6 is 11.3 Å². The van der Waals surface area contributed by atoms with E-state index in [1.165, 1.54) is 5.52 Å². The summed E-state index contributed by atoms with van der Waals surface area (Å²) in [7, 11) is 0. The highest BCUT2D eigenvalue weighted by Crippen LogP contribution is 2.33. The van der Waals surface area contributed by atoms with Gasteiger partial charge in [-0.3, -0.25) is 0 Å². The third-order valence-electron chi connectivity index (χ3n) is 3.10. The van der Waals surface area contributed by atoms with Crippen LogP contribution in [0.25, 0.3) is 21.7 Å². The molecule has 0 saturated carbocycles. The van der Waals surface area contributed by atoms with E-state index in [-0.39, 0.29) is 0 Å². The number of imidazole rings is 1. The molecule has 3 rings (SSSR count). The first-order valence-corrected chi connectivity index (χ1v) is 7.33. The minimum atomic E-state index is 0.567. The van der Waals surface area contributed by atoms with Crippen LogP contribution in [0.2, 0.25) is 0 Å². The van der Waals surface area contributed by atoms with E-state index in [1.54, 1.807) is 11.3 Å². The maximum absolute atomic E-state index is 6.05. The smallest absolute Gasteiger partial charge is 0.153 e. The van der Waals surface area contributed by atoms with E-state index >= 15 is 0 Å². The lowest BCUT2D eigenvalue weighted by atomic mass is 10.2. The average molecular weight is 271 g/mol. The number of anilines is 1. The first kappa shape index (κ1) is 12.2. The summed E-state index contributed by atoms with van der Waals surface area (Å²) < 4.78 is 2.28. The monoisotopic (exact) mass is 271 g/mol. The van der Waals surface area contributed by atoms with Crippen molar-refractivity contribution in [3.8, 4) is 10.7 Å². The normalized spacial score (nSPS) is 11.5. The largest absolute Gasteiger partial charge is 0.397 e. The number of fused-ring (bicyclic) bond motifs is 1. The van der Waals surface area contributed by atoms with Crippen LogP contribution in [0.15, 0.2) is 35.7 Å². The topological polar surface area (TPSA) is 43.8 Å². The highest BCUT2D eigenvalue weighted by Gasteiger charge is 2.16. The fourth-order valence-electron chi connectivity index (χ4n) is 2.30. The van der Waals surface area contributed by atoms with Gasteiger partial charge in [0.1, 0.15) is 0 Å². The van der Waals surface area contributed by atoms with Gasteiger partial charge < -0.3 is 10.3 Å². The lowest BCUT2D eigenvalue weighted by Gasteiger charge is -2.11. The Kier molecular flexibility index (Phi) is 3.03. The quantitative estimate of drug-likeness (QED) is 0.782. The molecule has 1 aromatic carbocycles. The predicted molar refractivity (Wildman–Crippen MR) is 82.3 cm³/mol. The average Bonchev–Trinajstić information content (AvgIpc) is 2.93. The zero-order valence-corrected chi connectivity index (χ0v) is 11.9. The third kappa shape index (κ3) is 2.12. The van der Waals surface area contributed by atoms with Crippen LogP contribution in [0.4, 0.5) is 5.69 Å². The fourth-order valence-corrected chi connectivity index (χ4v) is 3.12. The van der Waals surface area contributed by atoms with Crippen molar-refractivity contribution >= 4 is 28.1 Å². The third-order valence-corrected chi connectivity index (χ3v) is 4.03. The van der Waals surface area contributed by atoms with Crippen molar-refractivity contribution in [1.82, 2.24) is 9.55 Å². The number of benzene rings is 1. The Balaban J connectivity index is 2.26. The molecule has 0 fully saturated rings. The summed E-state index contributed by atoms with van der Waals surface area (Å²) in [5.74, 6) is 1.56. The molecule has 98 valence electrons. The van der Waals surface area contributed by atoms with Gasteiger partial charge in [0.2, 0.25) is 0 Å². The number of nitrogens with two attached hydrogens (primary N) is 1. The van der Waals surface area contributed by atoms with Crippen molar-refractivity contribution in [2.24, 2.45) is 5.92 Å². The molecule has 0 aliphatic carbocycles. The molecule has 0 unspecified atom stereocenters. The molecule has 0 spiro atoms. The SMILES string of the molecule is CC(C)Cn1c(-c2sccc2N)nc2ccccc21. The van der Waals surface area contributed by atoms with Gasteiger partial charge in [-0.25, -0.2) is 4.98 Å². The highest BCUT2D eigenvalue weighted by molar-refractivity contribution is 7.14. The first-order chi connectivity index (χ1) is 9.16. The lowest BCUT2D eigenvalue weighted by molar-refractivity contribution is 0.537. The zero-order chi connectivity index (χ0) is 13.4. The number of aromatic nitrogens is 2. The van der Waals surface area contributed by atoms with Crippen LogP contribution in [0.5, 0.6) is 0 Å². The van der Waals surface area contributed by atoms with Crippen LogP contribution in [0, 0.1) is 5.92 Å². The second kappa shape index (κ2) is 4.70. The molecule has 0 amide bonds. The number of nitrogen functional groups attached to an aromatic ring is 1. The van der Waals surface area contributed by atoms with Gasteiger partial charge in [-0.05, 0) is 29.5 Å².